The molecule has 130 valence electrons. The van der Waals surface area contributed by atoms with Gasteiger partial charge in [0.1, 0.15) is 0 Å². The second-order valence-corrected chi connectivity index (χ2v) is 10.0. The van der Waals surface area contributed by atoms with Gasteiger partial charge in [0.2, 0.25) is 0 Å². The maximum absolute atomic E-state index is 12.1. The van der Waals surface area contributed by atoms with Crippen LogP contribution in [0.1, 0.15) is 11.1 Å². The minimum absolute atomic E-state index is 0.00425. The lowest BCUT2D eigenvalue weighted by Gasteiger charge is -2.22. The Morgan fingerprint density at radius 3 is 1.96 bits per heavy atom. The molecule has 0 saturated heterocycles. The molecule has 0 amide bonds. The summed E-state index contributed by atoms with van der Waals surface area (Å²) in [5, 5.41) is 0. The van der Waals surface area contributed by atoms with E-state index in [0.717, 1.165) is 23.6 Å². The van der Waals surface area contributed by atoms with Crippen LogP contribution in [0.15, 0.2) is 52.3 Å². The van der Waals surface area contributed by atoms with E-state index in [4.69, 9.17) is 0 Å². The van der Waals surface area contributed by atoms with Gasteiger partial charge in [-0.15, -0.1) is 0 Å². The molecule has 0 atom stereocenters. The summed E-state index contributed by atoms with van der Waals surface area (Å²) in [7, 11) is -5.26. The quantitative estimate of drug-likeness (QED) is 0.812. The highest BCUT2D eigenvalue weighted by Crippen LogP contribution is 2.28. The summed E-state index contributed by atoms with van der Waals surface area (Å²) in [5.41, 5.74) is 2.66. The summed E-state index contributed by atoms with van der Waals surface area (Å²) < 4.78 is 47.6. The van der Waals surface area contributed by atoms with E-state index in [1.54, 1.807) is 18.0 Å². The lowest BCUT2D eigenvalue weighted by molar-refractivity contribution is 0.600. The molecule has 2 rings (SSSR count). The first-order chi connectivity index (χ1) is 11.0. The lowest BCUT2D eigenvalue weighted by Crippen LogP contribution is -2.19. The molecule has 0 saturated carbocycles. The molecule has 0 N–H and O–H groups in total. The summed E-state index contributed by atoms with van der Waals surface area (Å²) in [5.74, 6) is 0. The molecule has 2 aromatic rings. The van der Waals surface area contributed by atoms with E-state index in [0.29, 0.717) is 12.2 Å². The zero-order valence-corrected chi connectivity index (χ0v) is 15.8. The van der Waals surface area contributed by atoms with Gasteiger partial charge < -0.3 is 4.90 Å². The van der Waals surface area contributed by atoms with Crippen molar-refractivity contribution >= 4 is 25.4 Å². The summed E-state index contributed by atoms with van der Waals surface area (Å²) in [4.78, 5) is 1.81. The topological polar surface area (TPSA) is 71.5 Å². The summed E-state index contributed by atoms with van der Waals surface area (Å²) in [6.45, 7) is 2.51. The van der Waals surface area contributed by atoms with Crippen molar-refractivity contribution in [1.29, 1.82) is 0 Å². The zero-order chi connectivity index (χ0) is 18.1. The van der Waals surface area contributed by atoms with E-state index < -0.39 is 19.7 Å². The van der Waals surface area contributed by atoms with E-state index in [9.17, 15) is 16.8 Å². The molecule has 0 fully saturated rings. The van der Waals surface area contributed by atoms with Gasteiger partial charge in [-0.05, 0) is 30.7 Å². The third-order valence-corrected chi connectivity index (χ3v) is 5.95. The Labute approximate surface area is 143 Å². The number of anilines is 1. The highest BCUT2D eigenvalue weighted by Gasteiger charge is 2.20. The fourth-order valence-corrected chi connectivity index (χ4v) is 4.06. The fourth-order valence-electron chi connectivity index (χ4n) is 2.39. The monoisotopic (exact) mass is 367 g/mol. The Bertz CT molecular complexity index is 947. The Morgan fingerprint density at radius 2 is 1.46 bits per heavy atom. The van der Waals surface area contributed by atoms with Gasteiger partial charge in [0.25, 0.3) is 0 Å². The van der Waals surface area contributed by atoms with Crippen LogP contribution in [0.2, 0.25) is 0 Å². The van der Waals surface area contributed by atoms with Crippen LogP contribution in [0.5, 0.6) is 0 Å². The van der Waals surface area contributed by atoms with Crippen LogP contribution in [0.4, 0.5) is 5.69 Å². The normalized spacial score (nSPS) is 12.2. The maximum Gasteiger partial charge on any atom is 0.177 e. The second-order valence-electron chi connectivity index (χ2n) is 6.02. The van der Waals surface area contributed by atoms with E-state index >= 15 is 0 Å². The number of hydrogen-bond donors (Lipinski definition) is 0. The molecule has 0 aromatic heterocycles. The van der Waals surface area contributed by atoms with Crippen LogP contribution in [0.3, 0.4) is 0 Å². The lowest BCUT2D eigenvalue weighted by atomic mass is 10.1. The van der Waals surface area contributed by atoms with Crippen LogP contribution in [-0.2, 0) is 26.2 Å². The number of nitrogens with zero attached hydrogens (tertiary/aromatic N) is 1. The predicted molar refractivity (Wildman–Crippen MR) is 95.9 cm³/mol. The average Bonchev–Trinajstić information content (AvgIpc) is 2.47. The minimum Gasteiger partial charge on any atom is -0.369 e. The molecule has 7 heteroatoms. The van der Waals surface area contributed by atoms with Gasteiger partial charge in [-0.3, -0.25) is 0 Å². The highest BCUT2D eigenvalue weighted by molar-refractivity contribution is 7.91. The van der Waals surface area contributed by atoms with Crippen molar-refractivity contribution in [1.82, 2.24) is 0 Å². The number of aryl methyl sites for hydroxylation is 1. The molecular weight excluding hydrogens is 346 g/mol. The number of rotatable bonds is 5. The van der Waals surface area contributed by atoms with Crippen molar-refractivity contribution in [3.05, 3.63) is 53.6 Å². The van der Waals surface area contributed by atoms with Crippen LogP contribution in [0.25, 0.3) is 0 Å². The number of hydrogen-bond acceptors (Lipinski definition) is 5. The van der Waals surface area contributed by atoms with Gasteiger partial charge in [-0.1, -0.05) is 29.8 Å². The highest BCUT2D eigenvalue weighted by atomic mass is 32.2. The van der Waals surface area contributed by atoms with Gasteiger partial charge in [-0.2, -0.15) is 0 Å². The van der Waals surface area contributed by atoms with Gasteiger partial charge in [0.05, 0.1) is 15.5 Å². The van der Waals surface area contributed by atoms with Crippen molar-refractivity contribution in [2.75, 3.05) is 24.5 Å². The molecule has 0 heterocycles. The number of sulfone groups is 2. The first-order valence-electron chi connectivity index (χ1n) is 7.29. The molecular formula is C17H21NO4S2. The first kappa shape index (κ1) is 18.5. The van der Waals surface area contributed by atoms with Gasteiger partial charge in [-0.25, -0.2) is 16.8 Å². The Morgan fingerprint density at radius 1 is 0.875 bits per heavy atom. The molecule has 24 heavy (non-hydrogen) atoms. The van der Waals surface area contributed by atoms with Crippen molar-refractivity contribution < 1.29 is 16.8 Å². The van der Waals surface area contributed by atoms with Gasteiger partial charge >= 0.3 is 0 Å². The van der Waals surface area contributed by atoms with Crippen LogP contribution in [-0.4, -0.2) is 36.4 Å². The molecule has 0 bridgehead atoms. The zero-order valence-electron chi connectivity index (χ0n) is 14.1. The van der Waals surface area contributed by atoms with Crippen molar-refractivity contribution in [2.45, 2.75) is 23.3 Å². The summed E-state index contributed by atoms with van der Waals surface area (Å²) >= 11 is 0. The largest absolute Gasteiger partial charge is 0.369 e. The van der Waals surface area contributed by atoms with Crippen LogP contribution in [0, 0.1) is 6.92 Å². The van der Waals surface area contributed by atoms with E-state index in [2.05, 4.69) is 0 Å². The van der Waals surface area contributed by atoms with Crippen molar-refractivity contribution in [3.63, 3.8) is 0 Å². The molecule has 0 aliphatic carbocycles. The first-order valence-corrected chi connectivity index (χ1v) is 11.1. The maximum atomic E-state index is 12.1. The Kier molecular flexibility index (Phi) is 5.05. The third kappa shape index (κ3) is 4.36. The third-order valence-electron chi connectivity index (χ3n) is 3.71. The SMILES string of the molecule is Cc1ccc(CN(C)c2ccc(S(C)(=O)=O)cc2S(C)(=O)=O)cc1. The molecule has 0 spiro atoms. The number of benzene rings is 2. The van der Waals surface area contributed by atoms with Crippen LogP contribution >= 0.6 is 0 Å². The van der Waals surface area contributed by atoms with Crippen molar-refractivity contribution in [2.24, 2.45) is 0 Å². The van der Waals surface area contributed by atoms with Gasteiger partial charge in [0.15, 0.2) is 19.7 Å². The molecule has 5 nitrogen and oxygen atoms in total. The summed E-state index contributed by atoms with van der Waals surface area (Å²) in [6, 6.07) is 12.2. The second kappa shape index (κ2) is 6.57. The van der Waals surface area contributed by atoms with Gasteiger partial charge in [0, 0.05) is 26.1 Å². The molecule has 0 unspecified atom stereocenters. The van der Waals surface area contributed by atoms with E-state index in [1.165, 1.54) is 12.1 Å². The fraction of sp³-hybridized carbons (Fsp3) is 0.294. The summed E-state index contributed by atoms with van der Waals surface area (Å²) in [6.07, 6.45) is 2.14. The molecule has 0 aliphatic heterocycles. The van der Waals surface area contributed by atoms with Crippen molar-refractivity contribution in [3.8, 4) is 0 Å². The average molecular weight is 367 g/mol. The van der Waals surface area contributed by atoms with E-state index in [-0.39, 0.29) is 9.79 Å². The van der Waals surface area contributed by atoms with E-state index in [1.807, 2.05) is 31.2 Å². The molecule has 0 aliphatic rings. The minimum atomic E-state index is -3.57. The molecule has 0 radical (unpaired) electrons. The standard InChI is InChI=1S/C17H21NO4S2/c1-13-5-7-14(8-6-13)12-18(2)16-10-9-15(23(3,19)20)11-17(16)24(4,21)22/h5-11H,12H2,1-4H3. The van der Waals surface area contributed by atoms with Crippen LogP contribution < -0.4 is 4.90 Å². The smallest absolute Gasteiger partial charge is 0.177 e. The molecule has 2 aromatic carbocycles. The predicted octanol–water partition coefficient (Wildman–Crippen LogP) is 2.44. The Balaban J connectivity index is 2.47. The Hall–Kier alpha value is -1.86.